The zero-order valence-electron chi connectivity index (χ0n) is 12.5. The lowest BCUT2D eigenvalue weighted by atomic mass is 9.67. The Bertz CT molecular complexity index is 619. The van der Waals surface area contributed by atoms with Crippen molar-refractivity contribution in [3.8, 4) is 11.1 Å². The van der Waals surface area contributed by atoms with E-state index in [1.807, 2.05) is 0 Å². The molecule has 0 heterocycles. The Labute approximate surface area is 121 Å². The molecule has 0 unspecified atom stereocenters. The lowest BCUT2D eigenvalue weighted by Gasteiger charge is -2.36. The highest BCUT2D eigenvalue weighted by Gasteiger charge is 2.44. The Kier molecular flexibility index (Phi) is 2.57. The van der Waals surface area contributed by atoms with Crippen LogP contribution in [0.3, 0.4) is 0 Å². The summed E-state index contributed by atoms with van der Waals surface area (Å²) in [5.74, 6) is 0. The van der Waals surface area contributed by atoms with Crippen molar-refractivity contribution in [1.29, 1.82) is 0 Å². The maximum Gasteiger partial charge on any atom is 0.0215 e. The van der Waals surface area contributed by atoms with E-state index < -0.39 is 0 Å². The van der Waals surface area contributed by atoms with Crippen LogP contribution in [0, 0.1) is 13.8 Å². The zero-order chi connectivity index (χ0) is 13.7. The Morgan fingerprint density at radius 2 is 1.20 bits per heavy atom. The molecule has 0 atom stereocenters. The second-order valence-electron chi connectivity index (χ2n) is 6.64. The van der Waals surface area contributed by atoms with Gasteiger partial charge in [-0.05, 0) is 60.1 Å². The Morgan fingerprint density at radius 3 is 1.70 bits per heavy atom. The summed E-state index contributed by atoms with van der Waals surface area (Å²) in [6, 6.07) is 13.9. The van der Waals surface area contributed by atoms with E-state index in [9.17, 15) is 0 Å². The van der Waals surface area contributed by atoms with E-state index in [1.54, 1.807) is 22.3 Å². The van der Waals surface area contributed by atoms with Crippen LogP contribution in [-0.4, -0.2) is 0 Å². The Balaban J connectivity index is 2.09. The van der Waals surface area contributed by atoms with Gasteiger partial charge < -0.3 is 0 Å². The van der Waals surface area contributed by atoms with Gasteiger partial charge in [0.2, 0.25) is 0 Å². The van der Waals surface area contributed by atoms with Crippen molar-refractivity contribution in [2.75, 3.05) is 0 Å². The summed E-state index contributed by atoms with van der Waals surface area (Å²) in [5, 5.41) is 0. The number of hydrogen-bond acceptors (Lipinski definition) is 0. The highest BCUT2D eigenvalue weighted by atomic mass is 14.5. The van der Waals surface area contributed by atoms with E-state index in [2.05, 4.69) is 50.2 Å². The molecule has 2 aromatic carbocycles. The third-order valence-electron chi connectivity index (χ3n) is 5.53. The first-order valence-electron chi connectivity index (χ1n) is 7.95. The molecular formula is C20H22. The fourth-order valence-corrected chi connectivity index (χ4v) is 4.64. The number of hydrogen-bond donors (Lipinski definition) is 0. The van der Waals surface area contributed by atoms with Gasteiger partial charge in [0.15, 0.2) is 0 Å². The number of benzene rings is 2. The predicted octanol–water partition coefficient (Wildman–Crippen LogP) is 5.53. The maximum absolute atomic E-state index is 2.40. The van der Waals surface area contributed by atoms with Crippen molar-refractivity contribution in [2.24, 2.45) is 0 Å². The minimum atomic E-state index is 0.320. The molecular weight excluding hydrogens is 240 g/mol. The lowest BCUT2D eigenvalue weighted by molar-refractivity contribution is 0.352. The molecule has 2 aromatic rings. The van der Waals surface area contributed by atoms with Crippen molar-refractivity contribution in [3.63, 3.8) is 0 Å². The minimum absolute atomic E-state index is 0.320. The van der Waals surface area contributed by atoms with Gasteiger partial charge >= 0.3 is 0 Å². The Morgan fingerprint density at radius 1 is 0.700 bits per heavy atom. The summed E-state index contributed by atoms with van der Waals surface area (Å²) >= 11 is 0. The van der Waals surface area contributed by atoms with Crippen LogP contribution in [0.5, 0.6) is 0 Å². The van der Waals surface area contributed by atoms with Crippen LogP contribution in [0.4, 0.5) is 0 Å². The van der Waals surface area contributed by atoms with Crippen LogP contribution in [0.1, 0.15) is 54.4 Å². The van der Waals surface area contributed by atoms with Gasteiger partial charge in [0.1, 0.15) is 0 Å². The van der Waals surface area contributed by atoms with Gasteiger partial charge in [-0.1, -0.05) is 55.7 Å². The fourth-order valence-electron chi connectivity index (χ4n) is 4.64. The van der Waals surface area contributed by atoms with E-state index in [-0.39, 0.29) is 0 Å². The number of fused-ring (bicyclic) bond motifs is 5. The summed E-state index contributed by atoms with van der Waals surface area (Å²) in [7, 11) is 0. The molecule has 102 valence electrons. The van der Waals surface area contributed by atoms with E-state index in [4.69, 9.17) is 0 Å². The molecule has 0 radical (unpaired) electrons. The maximum atomic E-state index is 2.40. The van der Waals surface area contributed by atoms with Crippen molar-refractivity contribution in [1.82, 2.24) is 0 Å². The zero-order valence-corrected chi connectivity index (χ0v) is 12.5. The molecule has 0 N–H and O–H groups in total. The normalized spacial score (nSPS) is 18.9. The summed E-state index contributed by atoms with van der Waals surface area (Å²) in [6.07, 6.45) is 6.82. The standard InChI is InChI=1S/C20H22/c1-14-8-6-10-16-18(14)19-15(2)9-7-11-17(19)20(16)12-4-3-5-13-20/h6-11H,3-5,12-13H2,1-2H3. The predicted molar refractivity (Wildman–Crippen MR) is 85.2 cm³/mol. The van der Waals surface area contributed by atoms with Crippen LogP contribution >= 0.6 is 0 Å². The van der Waals surface area contributed by atoms with Crippen LogP contribution in [-0.2, 0) is 5.41 Å². The van der Waals surface area contributed by atoms with Crippen molar-refractivity contribution >= 4 is 0 Å². The molecule has 1 fully saturated rings. The van der Waals surface area contributed by atoms with Gasteiger partial charge in [0.25, 0.3) is 0 Å². The second-order valence-corrected chi connectivity index (χ2v) is 6.64. The molecule has 0 amide bonds. The third kappa shape index (κ3) is 1.43. The molecule has 4 rings (SSSR count). The highest BCUT2D eigenvalue weighted by Crippen LogP contribution is 2.57. The molecule has 20 heavy (non-hydrogen) atoms. The van der Waals surface area contributed by atoms with E-state index in [1.165, 1.54) is 43.2 Å². The second kappa shape index (κ2) is 4.22. The number of rotatable bonds is 0. The molecule has 1 spiro atoms. The topological polar surface area (TPSA) is 0 Å². The van der Waals surface area contributed by atoms with E-state index in [0.717, 1.165) is 0 Å². The first-order valence-corrected chi connectivity index (χ1v) is 7.95. The quantitative estimate of drug-likeness (QED) is 0.585. The van der Waals surface area contributed by atoms with Gasteiger partial charge in [-0.15, -0.1) is 0 Å². The molecule has 1 saturated carbocycles. The molecule has 2 aliphatic rings. The monoisotopic (exact) mass is 262 g/mol. The third-order valence-corrected chi connectivity index (χ3v) is 5.53. The first-order chi connectivity index (χ1) is 9.74. The molecule has 0 aliphatic heterocycles. The minimum Gasteiger partial charge on any atom is -0.0617 e. The van der Waals surface area contributed by atoms with Gasteiger partial charge in [0, 0.05) is 5.41 Å². The largest absolute Gasteiger partial charge is 0.0617 e. The van der Waals surface area contributed by atoms with E-state index in [0.29, 0.717) is 5.41 Å². The summed E-state index contributed by atoms with van der Waals surface area (Å²) in [4.78, 5) is 0. The van der Waals surface area contributed by atoms with Crippen LogP contribution in [0.25, 0.3) is 11.1 Å². The molecule has 0 saturated heterocycles. The van der Waals surface area contributed by atoms with Crippen molar-refractivity contribution in [3.05, 3.63) is 58.7 Å². The summed E-state index contributed by atoms with van der Waals surface area (Å²) in [6.45, 7) is 4.55. The molecule has 0 heteroatoms. The van der Waals surface area contributed by atoms with Crippen LogP contribution < -0.4 is 0 Å². The van der Waals surface area contributed by atoms with Gasteiger partial charge in [-0.2, -0.15) is 0 Å². The average Bonchev–Trinajstić information content (AvgIpc) is 2.74. The molecule has 0 bridgehead atoms. The van der Waals surface area contributed by atoms with E-state index >= 15 is 0 Å². The van der Waals surface area contributed by atoms with Crippen molar-refractivity contribution < 1.29 is 0 Å². The SMILES string of the molecule is Cc1cccc2c1-c1c(C)cccc1C21CCCCC1. The molecule has 0 aromatic heterocycles. The fraction of sp³-hybridized carbons (Fsp3) is 0.400. The molecule has 0 nitrogen and oxygen atoms in total. The average molecular weight is 262 g/mol. The van der Waals surface area contributed by atoms with Gasteiger partial charge in [-0.25, -0.2) is 0 Å². The highest BCUT2D eigenvalue weighted by molar-refractivity contribution is 5.85. The summed E-state index contributed by atoms with van der Waals surface area (Å²) in [5.41, 5.74) is 9.52. The van der Waals surface area contributed by atoms with Crippen LogP contribution in [0.15, 0.2) is 36.4 Å². The summed E-state index contributed by atoms with van der Waals surface area (Å²) < 4.78 is 0. The van der Waals surface area contributed by atoms with Gasteiger partial charge in [-0.3, -0.25) is 0 Å². The molecule has 2 aliphatic carbocycles. The number of aryl methyl sites for hydroxylation is 2. The van der Waals surface area contributed by atoms with Gasteiger partial charge in [0.05, 0.1) is 0 Å². The first kappa shape index (κ1) is 12.2. The van der Waals surface area contributed by atoms with Crippen LogP contribution in [0.2, 0.25) is 0 Å². The Hall–Kier alpha value is -1.56. The van der Waals surface area contributed by atoms with Crippen molar-refractivity contribution in [2.45, 2.75) is 51.4 Å². The lowest BCUT2D eigenvalue weighted by Crippen LogP contribution is -2.28. The smallest absolute Gasteiger partial charge is 0.0215 e.